The molecule has 2 aromatic rings. The van der Waals surface area contributed by atoms with E-state index in [4.69, 9.17) is 14.2 Å². The lowest BCUT2D eigenvalue weighted by Gasteiger charge is -2.33. The van der Waals surface area contributed by atoms with Crippen molar-refractivity contribution >= 4 is 44.7 Å². The van der Waals surface area contributed by atoms with Crippen LogP contribution in [0.5, 0.6) is 11.5 Å². The molecule has 2 saturated carbocycles. The van der Waals surface area contributed by atoms with E-state index in [2.05, 4.69) is 27.3 Å². The highest BCUT2D eigenvalue weighted by atomic mass is 32.2. The zero-order valence-corrected chi connectivity index (χ0v) is 40.4. The van der Waals surface area contributed by atoms with Crippen LogP contribution in [0.1, 0.15) is 145 Å². The number of nitrogens with zero attached hydrogens (tertiary/aromatic N) is 2. The number of sulfonamides is 1. The summed E-state index contributed by atoms with van der Waals surface area (Å²) >= 11 is 0. The van der Waals surface area contributed by atoms with E-state index in [9.17, 15) is 27.6 Å². The van der Waals surface area contributed by atoms with Gasteiger partial charge in [-0.3, -0.25) is 24.1 Å². The molecule has 0 radical (unpaired) electrons. The number of allylic oxidation sites excluding steroid dienone is 1. The molecule has 1 saturated heterocycles. The molecule has 0 spiro atoms. The molecule has 3 N–H and O–H groups in total. The highest BCUT2D eigenvalue weighted by Crippen LogP contribution is 2.49. The SMILES string of the molecule is CC.CC.CC.CCCC1(S(=O)(=O)NC(=O)[C@@]23C[C@H]2/C=C\CC[C@@H](C)C[C@@H](C)[C@H](NC(=O)OC(C)(C)C)C(=O)N2C[C@H](Oc4cnc5ccc(OC)cc5c4)C[C@H]2C(=O)N3)CC1.[HH].[HH].[HH]. The van der Waals surface area contributed by atoms with Crippen LogP contribution in [0.15, 0.2) is 42.6 Å². The second-order valence-corrected chi connectivity index (χ2v) is 19.4. The minimum Gasteiger partial charge on any atom is -0.497 e. The van der Waals surface area contributed by atoms with Crippen molar-refractivity contribution < 1.29 is 46.1 Å². The number of nitrogens with one attached hydrogen (secondary N) is 3. The quantitative estimate of drug-likeness (QED) is 0.206. The number of alkyl carbamates (subject to hydrolysis) is 1. The summed E-state index contributed by atoms with van der Waals surface area (Å²) in [6.07, 6.45) is 8.38. The first-order valence-electron chi connectivity index (χ1n) is 22.8. The van der Waals surface area contributed by atoms with E-state index in [-0.39, 0.29) is 35.5 Å². The number of amides is 4. The van der Waals surface area contributed by atoms with E-state index in [0.717, 1.165) is 17.3 Å². The summed E-state index contributed by atoms with van der Waals surface area (Å²) in [5, 5.41) is 6.52. The standard InChI is InChI=1S/C41H57N5O9S.3C2H6.3H2/c1-8-15-40(16-17-40)56(51,52)45-37(49)41-22-28(41)12-10-9-11-25(2)18-26(3)34(43-38(50)55-39(4,5)6)36(48)46-24-31(21-33(46)35(47)44-41)54-30-20-27-19-29(53-7)13-14-32(27)42-23-30;3*1-2;;;/h10,12-14,19-20,23,25-26,28,31,33-34H,8-9,11,15-18,21-22,24H2,1-7H3,(H,43,50)(H,44,47)(H,45,49);3*1-2H3;3*1H/b12-10-;;;;;;/t25-,26-,28-,31-,33+,34+,41-;;;;;;/m1....../s1. The number of pyridine rings is 1. The van der Waals surface area contributed by atoms with Crippen LogP contribution in [0, 0.1) is 17.8 Å². The summed E-state index contributed by atoms with van der Waals surface area (Å²) in [6, 6.07) is 5.13. The molecule has 6 rings (SSSR count). The van der Waals surface area contributed by atoms with E-state index in [1.54, 1.807) is 34.1 Å². The molecular weight excluding hydrogens is 811 g/mol. The Hall–Kier alpha value is -4.40. The number of hydrogen-bond donors (Lipinski definition) is 3. The normalized spacial score (nSPS) is 27.1. The molecule has 2 aliphatic heterocycles. The summed E-state index contributed by atoms with van der Waals surface area (Å²) < 4.78 is 45.8. The summed E-state index contributed by atoms with van der Waals surface area (Å²) in [5.41, 5.74) is -1.61. The molecule has 4 amide bonds. The number of hydrogen-bond acceptors (Lipinski definition) is 10. The fraction of sp³-hybridized carbons (Fsp3) is 0.681. The van der Waals surface area contributed by atoms with Crippen molar-refractivity contribution in [1.29, 1.82) is 0 Å². The van der Waals surface area contributed by atoms with Crippen molar-refractivity contribution in [3.05, 3.63) is 42.6 Å². The molecule has 15 heteroatoms. The molecule has 354 valence electrons. The van der Waals surface area contributed by atoms with Gasteiger partial charge in [-0.1, -0.05) is 80.9 Å². The summed E-state index contributed by atoms with van der Waals surface area (Å²) in [7, 11) is -2.44. The van der Waals surface area contributed by atoms with Gasteiger partial charge in [0.25, 0.3) is 5.91 Å². The van der Waals surface area contributed by atoms with Crippen LogP contribution in [-0.4, -0.2) is 89.8 Å². The molecule has 0 bridgehead atoms. The smallest absolute Gasteiger partial charge is 0.408 e. The van der Waals surface area contributed by atoms with Gasteiger partial charge in [-0.15, -0.1) is 0 Å². The van der Waals surface area contributed by atoms with Gasteiger partial charge in [0.15, 0.2) is 0 Å². The van der Waals surface area contributed by atoms with Gasteiger partial charge in [-0.25, -0.2) is 13.2 Å². The molecule has 4 aliphatic rings. The van der Waals surface area contributed by atoms with Gasteiger partial charge in [0.1, 0.15) is 40.8 Å². The molecule has 3 heterocycles. The molecule has 1 aromatic carbocycles. The first-order chi connectivity index (χ1) is 29.4. The lowest BCUT2D eigenvalue weighted by Crippen LogP contribution is -2.59. The topological polar surface area (TPSA) is 182 Å². The Morgan fingerprint density at radius 3 is 2.29 bits per heavy atom. The predicted octanol–water partition coefficient (Wildman–Crippen LogP) is 8.97. The predicted molar refractivity (Wildman–Crippen MR) is 251 cm³/mol. The summed E-state index contributed by atoms with van der Waals surface area (Å²) in [6.45, 7) is 23.1. The number of ether oxygens (including phenoxy) is 3. The van der Waals surface area contributed by atoms with Crippen LogP contribution in [0.3, 0.4) is 0 Å². The first kappa shape index (κ1) is 51.9. The molecule has 0 unspecified atom stereocenters. The van der Waals surface area contributed by atoms with Crippen LogP contribution < -0.4 is 24.8 Å². The fourth-order valence-electron chi connectivity index (χ4n) is 8.29. The van der Waals surface area contributed by atoms with Crippen molar-refractivity contribution in [1.82, 2.24) is 25.2 Å². The van der Waals surface area contributed by atoms with Crippen molar-refractivity contribution in [2.24, 2.45) is 17.8 Å². The van der Waals surface area contributed by atoms with Gasteiger partial charge in [0.2, 0.25) is 21.8 Å². The third-order valence-electron chi connectivity index (χ3n) is 11.6. The lowest BCUT2D eigenvalue weighted by atomic mass is 9.88. The molecule has 62 heavy (non-hydrogen) atoms. The van der Waals surface area contributed by atoms with Crippen LogP contribution in [-0.2, 0) is 29.1 Å². The Labute approximate surface area is 375 Å². The molecule has 14 nitrogen and oxygen atoms in total. The van der Waals surface area contributed by atoms with Gasteiger partial charge in [0.05, 0.1) is 30.1 Å². The monoisotopic (exact) mass is 892 g/mol. The third kappa shape index (κ3) is 12.6. The largest absolute Gasteiger partial charge is 0.497 e. The molecule has 1 aromatic heterocycles. The van der Waals surface area contributed by atoms with Gasteiger partial charge in [-0.05, 0) is 102 Å². The molecular formula is C47H81N5O9S. The zero-order valence-electron chi connectivity index (χ0n) is 39.6. The Bertz CT molecular complexity index is 2000. The number of rotatable bonds is 9. The Kier molecular flexibility index (Phi) is 18.7. The van der Waals surface area contributed by atoms with Gasteiger partial charge >= 0.3 is 6.09 Å². The minimum atomic E-state index is -4.01. The minimum absolute atomic E-state index is 0. The number of benzene rings is 1. The zero-order chi connectivity index (χ0) is 46.6. The number of fused-ring (bicyclic) bond motifs is 3. The highest BCUT2D eigenvalue weighted by molar-refractivity contribution is 7.91. The summed E-state index contributed by atoms with van der Waals surface area (Å²) in [4.78, 5) is 62.5. The number of aromatic nitrogens is 1. The van der Waals surface area contributed by atoms with Crippen LogP contribution in [0.2, 0.25) is 0 Å². The average Bonchev–Trinajstić information content (AvgIpc) is 4.14. The second kappa shape index (κ2) is 22.3. The molecule has 2 aliphatic carbocycles. The molecule has 7 atom stereocenters. The van der Waals surface area contributed by atoms with Gasteiger partial charge in [-0.2, -0.15) is 0 Å². The van der Waals surface area contributed by atoms with Crippen LogP contribution in [0.4, 0.5) is 4.79 Å². The average molecular weight is 892 g/mol. The highest BCUT2D eigenvalue weighted by Gasteiger charge is 2.63. The Morgan fingerprint density at radius 2 is 1.68 bits per heavy atom. The fourth-order valence-corrected chi connectivity index (χ4v) is 10.0. The van der Waals surface area contributed by atoms with Gasteiger partial charge in [0, 0.05) is 22.0 Å². The van der Waals surface area contributed by atoms with Crippen molar-refractivity contribution in [2.75, 3.05) is 13.7 Å². The number of carbonyl (C=O) groups excluding carboxylic acids is 4. The third-order valence-corrected chi connectivity index (χ3v) is 13.8. The second-order valence-electron chi connectivity index (χ2n) is 17.3. The lowest BCUT2D eigenvalue weighted by molar-refractivity contribution is -0.142. The van der Waals surface area contributed by atoms with E-state index < -0.39 is 73.8 Å². The van der Waals surface area contributed by atoms with E-state index in [1.165, 1.54) is 4.90 Å². The first-order valence-corrected chi connectivity index (χ1v) is 24.3. The maximum absolute atomic E-state index is 14.8. The Balaban J connectivity index is 0.00000437. The van der Waals surface area contributed by atoms with Crippen LogP contribution in [0.25, 0.3) is 10.9 Å². The van der Waals surface area contributed by atoms with Crippen LogP contribution >= 0.6 is 0 Å². The molecule has 3 fully saturated rings. The maximum Gasteiger partial charge on any atom is 0.408 e. The van der Waals surface area contributed by atoms with E-state index in [0.29, 0.717) is 50.0 Å². The maximum atomic E-state index is 14.8. The summed E-state index contributed by atoms with van der Waals surface area (Å²) in [5.74, 6) is -1.43. The number of methoxy groups -OCH3 is 1. The van der Waals surface area contributed by atoms with E-state index in [1.807, 2.05) is 91.8 Å². The van der Waals surface area contributed by atoms with E-state index >= 15 is 0 Å². The van der Waals surface area contributed by atoms with Crippen molar-refractivity contribution in [2.45, 2.75) is 175 Å². The van der Waals surface area contributed by atoms with Gasteiger partial charge < -0.3 is 29.7 Å². The number of carbonyl (C=O) groups is 4. The Morgan fingerprint density at radius 1 is 1.02 bits per heavy atom. The van der Waals surface area contributed by atoms with Crippen molar-refractivity contribution in [3.8, 4) is 11.5 Å². The van der Waals surface area contributed by atoms with Crippen molar-refractivity contribution in [3.63, 3.8) is 0 Å².